The standard InChI is InChI=1S/C18H28N4O2/c1-13(2)8-5-6-10-16(23)20-11-7-9-15-12-22(14(3)4)18(24)21-17(15)19/h12-14H,5-6,8,10-11H2,1-4H3,(H,20,23)(H2,19,21,24). The molecule has 0 aliphatic heterocycles. The first kappa shape index (κ1) is 19.8. The fraction of sp³-hybridized carbons (Fsp3) is 0.611. The average molecular weight is 332 g/mol. The van der Waals surface area contributed by atoms with Crippen molar-refractivity contribution in [3.63, 3.8) is 0 Å². The number of nitrogen functional groups attached to an aromatic ring is 1. The van der Waals surface area contributed by atoms with E-state index in [4.69, 9.17) is 5.73 Å². The largest absolute Gasteiger partial charge is 0.382 e. The molecule has 24 heavy (non-hydrogen) atoms. The predicted molar refractivity (Wildman–Crippen MR) is 96.5 cm³/mol. The number of carbonyl (C=O) groups excluding carboxylic acids is 1. The average Bonchev–Trinajstić information content (AvgIpc) is 2.49. The molecule has 0 saturated carbocycles. The summed E-state index contributed by atoms with van der Waals surface area (Å²) < 4.78 is 1.48. The van der Waals surface area contributed by atoms with Crippen molar-refractivity contribution in [2.75, 3.05) is 12.3 Å². The molecular weight excluding hydrogens is 304 g/mol. The SMILES string of the molecule is CC(C)CCCCC(=O)NCC#Cc1cn(C(C)C)c(=O)nc1N. The summed E-state index contributed by atoms with van der Waals surface area (Å²) in [5.74, 6) is 6.51. The zero-order chi connectivity index (χ0) is 18.1. The van der Waals surface area contributed by atoms with Crippen LogP contribution in [-0.4, -0.2) is 22.0 Å². The summed E-state index contributed by atoms with van der Waals surface area (Å²) in [5, 5.41) is 2.77. The summed E-state index contributed by atoms with van der Waals surface area (Å²) in [5.41, 5.74) is 5.83. The zero-order valence-corrected chi connectivity index (χ0v) is 15.1. The molecule has 0 aliphatic carbocycles. The molecule has 3 N–H and O–H groups in total. The monoisotopic (exact) mass is 332 g/mol. The lowest BCUT2D eigenvalue weighted by Gasteiger charge is -2.09. The minimum Gasteiger partial charge on any atom is -0.382 e. The lowest BCUT2D eigenvalue weighted by atomic mass is 10.1. The Kier molecular flexibility index (Phi) is 8.03. The second kappa shape index (κ2) is 9.76. The molecule has 6 nitrogen and oxygen atoms in total. The highest BCUT2D eigenvalue weighted by molar-refractivity contribution is 5.76. The summed E-state index contributed by atoms with van der Waals surface area (Å²) in [6, 6.07) is -0.0170. The summed E-state index contributed by atoms with van der Waals surface area (Å²) in [7, 11) is 0. The van der Waals surface area contributed by atoms with Crippen LogP contribution in [0.4, 0.5) is 5.82 Å². The first-order valence-electron chi connectivity index (χ1n) is 8.45. The van der Waals surface area contributed by atoms with E-state index in [1.807, 2.05) is 13.8 Å². The van der Waals surface area contributed by atoms with Crippen molar-refractivity contribution in [1.29, 1.82) is 0 Å². The summed E-state index contributed by atoms with van der Waals surface area (Å²) in [6.07, 6.45) is 5.24. The maximum Gasteiger partial charge on any atom is 0.349 e. The Morgan fingerprint density at radius 1 is 1.33 bits per heavy atom. The molecule has 132 valence electrons. The molecular formula is C18H28N4O2. The van der Waals surface area contributed by atoms with E-state index in [1.54, 1.807) is 6.20 Å². The van der Waals surface area contributed by atoms with Crippen LogP contribution in [0.1, 0.15) is 65.0 Å². The highest BCUT2D eigenvalue weighted by Gasteiger charge is 2.06. The number of hydrogen-bond donors (Lipinski definition) is 2. The van der Waals surface area contributed by atoms with Crippen LogP contribution >= 0.6 is 0 Å². The van der Waals surface area contributed by atoms with Gasteiger partial charge in [-0.3, -0.25) is 9.36 Å². The van der Waals surface area contributed by atoms with Crippen LogP contribution in [0.15, 0.2) is 11.0 Å². The number of anilines is 1. The summed E-state index contributed by atoms with van der Waals surface area (Å²) in [4.78, 5) is 27.1. The number of carbonyl (C=O) groups is 1. The van der Waals surface area contributed by atoms with Crippen molar-refractivity contribution in [1.82, 2.24) is 14.9 Å². The highest BCUT2D eigenvalue weighted by Crippen LogP contribution is 2.08. The van der Waals surface area contributed by atoms with Gasteiger partial charge in [0.1, 0.15) is 5.82 Å². The summed E-state index contributed by atoms with van der Waals surface area (Å²) >= 11 is 0. The minimum atomic E-state index is -0.386. The van der Waals surface area contributed by atoms with Crippen molar-refractivity contribution in [2.45, 2.75) is 59.4 Å². The molecule has 1 rings (SSSR count). The molecule has 0 aromatic carbocycles. The van der Waals surface area contributed by atoms with Crippen LogP contribution in [0.2, 0.25) is 0 Å². The van der Waals surface area contributed by atoms with Gasteiger partial charge in [0.05, 0.1) is 12.1 Å². The number of amides is 1. The molecule has 0 radical (unpaired) electrons. The van der Waals surface area contributed by atoms with Crippen molar-refractivity contribution < 1.29 is 4.79 Å². The third kappa shape index (κ3) is 6.86. The van der Waals surface area contributed by atoms with E-state index >= 15 is 0 Å². The van der Waals surface area contributed by atoms with E-state index in [-0.39, 0.29) is 30.0 Å². The normalized spacial score (nSPS) is 10.6. The van der Waals surface area contributed by atoms with Crippen LogP contribution < -0.4 is 16.7 Å². The van der Waals surface area contributed by atoms with Crippen LogP contribution in [0, 0.1) is 17.8 Å². The van der Waals surface area contributed by atoms with Gasteiger partial charge in [-0.05, 0) is 26.2 Å². The lowest BCUT2D eigenvalue weighted by Crippen LogP contribution is -2.26. The number of unbranched alkanes of at least 4 members (excludes halogenated alkanes) is 1. The number of aromatic nitrogens is 2. The smallest absolute Gasteiger partial charge is 0.349 e. The van der Waals surface area contributed by atoms with Gasteiger partial charge in [-0.15, -0.1) is 0 Å². The molecule has 1 aromatic rings. The molecule has 0 unspecified atom stereocenters. The van der Waals surface area contributed by atoms with E-state index in [2.05, 4.69) is 36.0 Å². The zero-order valence-electron chi connectivity index (χ0n) is 15.1. The Morgan fingerprint density at radius 3 is 2.67 bits per heavy atom. The van der Waals surface area contributed by atoms with Gasteiger partial charge < -0.3 is 11.1 Å². The topological polar surface area (TPSA) is 90.0 Å². The van der Waals surface area contributed by atoms with Gasteiger partial charge in [-0.1, -0.05) is 38.5 Å². The fourth-order valence-corrected chi connectivity index (χ4v) is 2.16. The maximum atomic E-state index is 11.7. The minimum absolute atomic E-state index is 0.00584. The van der Waals surface area contributed by atoms with Gasteiger partial charge in [0, 0.05) is 18.7 Å². The van der Waals surface area contributed by atoms with Crippen LogP contribution in [-0.2, 0) is 4.79 Å². The van der Waals surface area contributed by atoms with E-state index in [0.717, 1.165) is 19.3 Å². The Hall–Kier alpha value is -2.29. The summed E-state index contributed by atoms with van der Waals surface area (Å²) in [6.45, 7) is 8.38. The number of nitrogens with one attached hydrogen (secondary N) is 1. The third-order valence-corrected chi connectivity index (χ3v) is 3.57. The van der Waals surface area contributed by atoms with Crippen molar-refractivity contribution >= 4 is 11.7 Å². The van der Waals surface area contributed by atoms with E-state index in [0.29, 0.717) is 17.9 Å². The van der Waals surface area contributed by atoms with Gasteiger partial charge in [-0.25, -0.2) is 4.79 Å². The molecule has 0 fully saturated rings. The third-order valence-electron chi connectivity index (χ3n) is 3.57. The van der Waals surface area contributed by atoms with E-state index in [1.165, 1.54) is 4.57 Å². The molecule has 0 bridgehead atoms. The first-order chi connectivity index (χ1) is 11.3. The van der Waals surface area contributed by atoms with Crippen LogP contribution in [0.5, 0.6) is 0 Å². The molecule has 6 heteroatoms. The van der Waals surface area contributed by atoms with Gasteiger partial charge in [0.25, 0.3) is 0 Å². The quantitative estimate of drug-likeness (QED) is 0.591. The number of nitrogens with two attached hydrogens (primary N) is 1. The molecule has 1 amide bonds. The molecule has 0 atom stereocenters. The molecule has 0 saturated heterocycles. The molecule has 1 aromatic heterocycles. The van der Waals surface area contributed by atoms with Gasteiger partial charge >= 0.3 is 5.69 Å². The predicted octanol–water partition coefficient (Wildman–Crippen LogP) is 2.09. The van der Waals surface area contributed by atoms with Gasteiger partial charge in [0.2, 0.25) is 5.91 Å². The molecule has 1 heterocycles. The maximum absolute atomic E-state index is 11.7. The molecule has 0 spiro atoms. The Balaban J connectivity index is 2.50. The molecule has 0 aliphatic rings. The first-order valence-corrected chi connectivity index (χ1v) is 8.45. The van der Waals surface area contributed by atoms with Gasteiger partial charge in [-0.2, -0.15) is 4.98 Å². The van der Waals surface area contributed by atoms with E-state index < -0.39 is 0 Å². The van der Waals surface area contributed by atoms with E-state index in [9.17, 15) is 9.59 Å². The van der Waals surface area contributed by atoms with Crippen molar-refractivity contribution in [2.24, 2.45) is 5.92 Å². The lowest BCUT2D eigenvalue weighted by molar-refractivity contribution is -0.120. The Labute approximate surface area is 143 Å². The second-order valence-electron chi connectivity index (χ2n) is 6.54. The number of rotatable bonds is 7. The van der Waals surface area contributed by atoms with Crippen LogP contribution in [0.3, 0.4) is 0 Å². The van der Waals surface area contributed by atoms with Crippen LogP contribution in [0.25, 0.3) is 0 Å². The van der Waals surface area contributed by atoms with Gasteiger partial charge in [0.15, 0.2) is 0 Å². The van der Waals surface area contributed by atoms with Crippen molar-refractivity contribution in [3.05, 3.63) is 22.2 Å². The Morgan fingerprint density at radius 2 is 2.04 bits per heavy atom. The number of nitrogens with zero attached hydrogens (tertiary/aromatic N) is 2. The second-order valence-corrected chi connectivity index (χ2v) is 6.54. The Bertz CT molecular complexity index is 666. The fourth-order valence-electron chi connectivity index (χ4n) is 2.16. The highest BCUT2D eigenvalue weighted by atomic mass is 16.2. The van der Waals surface area contributed by atoms with Crippen molar-refractivity contribution in [3.8, 4) is 11.8 Å². The number of hydrogen-bond acceptors (Lipinski definition) is 4.